The van der Waals surface area contributed by atoms with Crippen molar-refractivity contribution < 1.29 is 9.72 Å². The summed E-state index contributed by atoms with van der Waals surface area (Å²) < 4.78 is 0. The number of rotatable bonds is 3. The molecule has 0 atom stereocenters. The first-order chi connectivity index (χ1) is 14.0. The highest BCUT2D eigenvalue weighted by atomic mass is 32.2. The van der Waals surface area contributed by atoms with E-state index in [2.05, 4.69) is 46.0 Å². The molecule has 2 aromatic carbocycles. The molecule has 1 amide bonds. The molecule has 1 fully saturated rings. The van der Waals surface area contributed by atoms with Crippen LogP contribution < -0.4 is 4.90 Å². The molecule has 0 aliphatic carbocycles. The van der Waals surface area contributed by atoms with Crippen molar-refractivity contribution in [2.24, 2.45) is 4.99 Å². The highest BCUT2D eigenvalue weighted by Gasteiger charge is 2.28. The van der Waals surface area contributed by atoms with Gasteiger partial charge in [0.05, 0.1) is 9.83 Å². The second kappa shape index (κ2) is 8.08. The summed E-state index contributed by atoms with van der Waals surface area (Å²) >= 11 is 1.33. The minimum Gasteiger partial charge on any atom is -0.368 e. The lowest BCUT2D eigenvalue weighted by Crippen LogP contribution is -2.47. The van der Waals surface area contributed by atoms with Gasteiger partial charge in [0, 0.05) is 44.0 Å². The van der Waals surface area contributed by atoms with Gasteiger partial charge < -0.3 is 9.80 Å². The Balaban J connectivity index is 1.41. The fourth-order valence-corrected chi connectivity index (χ4v) is 4.29. The lowest BCUT2D eigenvalue weighted by atomic mass is 10.2. The SMILES string of the molecule is Cc1ccc(N2CCN(C3=NC(=O)/C(=C\c4cccc([N+](=O)[O-])c4)S3)CC2)cc1. The second-order valence-electron chi connectivity index (χ2n) is 6.97. The van der Waals surface area contributed by atoms with E-state index in [-0.39, 0.29) is 11.6 Å². The molecule has 0 bridgehead atoms. The number of anilines is 1. The van der Waals surface area contributed by atoms with Crippen molar-refractivity contribution in [2.75, 3.05) is 31.1 Å². The third-order valence-corrected chi connectivity index (χ3v) is 5.98. The van der Waals surface area contributed by atoms with Crippen LogP contribution in [0.1, 0.15) is 11.1 Å². The number of hydrogen-bond donors (Lipinski definition) is 0. The van der Waals surface area contributed by atoms with Crippen LogP contribution in [0.25, 0.3) is 6.08 Å². The summed E-state index contributed by atoms with van der Waals surface area (Å²) in [7, 11) is 0. The molecular weight excluding hydrogens is 388 g/mol. The smallest absolute Gasteiger partial charge is 0.286 e. The van der Waals surface area contributed by atoms with Crippen molar-refractivity contribution in [1.82, 2.24) is 4.90 Å². The van der Waals surface area contributed by atoms with Crippen LogP contribution in [0.2, 0.25) is 0 Å². The summed E-state index contributed by atoms with van der Waals surface area (Å²) in [6.45, 7) is 5.38. The number of piperazine rings is 1. The van der Waals surface area contributed by atoms with Crippen LogP contribution in [0.4, 0.5) is 11.4 Å². The summed E-state index contributed by atoms with van der Waals surface area (Å²) in [4.78, 5) is 32.0. The van der Waals surface area contributed by atoms with Gasteiger partial charge in [0.15, 0.2) is 5.17 Å². The molecule has 0 aromatic heterocycles. The first-order valence-corrected chi connectivity index (χ1v) is 10.1. The van der Waals surface area contributed by atoms with Crippen molar-refractivity contribution in [3.8, 4) is 0 Å². The highest BCUT2D eigenvalue weighted by molar-refractivity contribution is 8.18. The first-order valence-electron chi connectivity index (χ1n) is 9.33. The van der Waals surface area contributed by atoms with E-state index in [1.807, 2.05) is 0 Å². The normalized spacial score (nSPS) is 18.3. The molecule has 7 nitrogen and oxygen atoms in total. The Morgan fingerprint density at radius 1 is 1.07 bits per heavy atom. The van der Waals surface area contributed by atoms with E-state index in [0.29, 0.717) is 15.6 Å². The molecule has 0 radical (unpaired) electrons. The molecule has 0 spiro atoms. The largest absolute Gasteiger partial charge is 0.368 e. The minimum atomic E-state index is -0.443. The van der Waals surface area contributed by atoms with Crippen molar-refractivity contribution in [1.29, 1.82) is 0 Å². The average Bonchev–Trinajstić information content (AvgIpc) is 3.09. The van der Waals surface area contributed by atoms with Gasteiger partial charge in [0.2, 0.25) is 0 Å². The summed E-state index contributed by atoms with van der Waals surface area (Å²) in [6.07, 6.45) is 1.67. The van der Waals surface area contributed by atoms with Gasteiger partial charge in [0.1, 0.15) is 0 Å². The van der Waals surface area contributed by atoms with Gasteiger partial charge in [-0.25, -0.2) is 0 Å². The van der Waals surface area contributed by atoms with Crippen LogP contribution in [0.5, 0.6) is 0 Å². The number of aliphatic imine (C=N–C) groups is 1. The molecule has 0 unspecified atom stereocenters. The molecular formula is C21H20N4O3S. The number of aryl methyl sites for hydroxylation is 1. The Morgan fingerprint density at radius 3 is 2.45 bits per heavy atom. The lowest BCUT2D eigenvalue weighted by Gasteiger charge is -2.36. The number of carbonyl (C=O) groups excluding carboxylic acids is 1. The topological polar surface area (TPSA) is 79.0 Å². The molecule has 2 heterocycles. The number of benzene rings is 2. The van der Waals surface area contributed by atoms with E-state index in [1.165, 1.54) is 35.1 Å². The zero-order valence-corrected chi connectivity index (χ0v) is 16.8. The molecule has 2 aliphatic heterocycles. The summed E-state index contributed by atoms with van der Waals surface area (Å²) in [6, 6.07) is 14.7. The van der Waals surface area contributed by atoms with Crippen LogP contribution >= 0.6 is 11.8 Å². The van der Waals surface area contributed by atoms with Gasteiger partial charge in [-0.1, -0.05) is 29.8 Å². The van der Waals surface area contributed by atoms with Crippen molar-refractivity contribution in [3.05, 3.63) is 74.7 Å². The van der Waals surface area contributed by atoms with E-state index in [1.54, 1.807) is 18.2 Å². The molecule has 148 valence electrons. The highest BCUT2D eigenvalue weighted by Crippen LogP contribution is 2.31. The number of amidine groups is 1. The van der Waals surface area contributed by atoms with Crippen LogP contribution in [-0.4, -0.2) is 47.1 Å². The fraction of sp³-hybridized carbons (Fsp3) is 0.238. The van der Waals surface area contributed by atoms with Gasteiger partial charge in [-0.3, -0.25) is 14.9 Å². The van der Waals surface area contributed by atoms with Crippen molar-refractivity contribution in [3.63, 3.8) is 0 Å². The van der Waals surface area contributed by atoms with Gasteiger partial charge in [0.25, 0.3) is 11.6 Å². The Labute approximate surface area is 172 Å². The molecule has 1 saturated heterocycles. The number of amides is 1. The molecule has 2 aliphatic rings. The molecule has 8 heteroatoms. The summed E-state index contributed by atoms with van der Waals surface area (Å²) in [5.74, 6) is -0.294. The van der Waals surface area contributed by atoms with E-state index in [9.17, 15) is 14.9 Å². The molecule has 0 N–H and O–H groups in total. The quantitative estimate of drug-likeness (QED) is 0.438. The number of nitro benzene ring substituents is 1. The van der Waals surface area contributed by atoms with Crippen LogP contribution in [-0.2, 0) is 4.79 Å². The Bertz CT molecular complexity index is 1010. The van der Waals surface area contributed by atoms with E-state index >= 15 is 0 Å². The predicted octanol–water partition coefficient (Wildman–Crippen LogP) is 3.70. The molecule has 4 rings (SSSR count). The second-order valence-corrected chi connectivity index (χ2v) is 7.98. The summed E-state index contributed by atoms with van der Waals surface area (Å²) in [5, 5.41) is 11.6. The van der Waals surface area contributed by atoms with Gasteiger partial charge in [-0.15, -0.1) is 0 Å². The third kappa shape index (κ3) is 4.32. The average molecular weight is 408 g/mol. The number of non-ortho nitro benzene ring substituents is 1. The van der Waals surface area contributed by atoms with Crippen LogP contribution in [0.15, 0.2) is 58.4 Å². The van der Waals surface area contributed by atoms with E-state index in [4.69, 9.17) is 0 Å². The fourth-order valence-electron chi connectivity index (χ4n) is 3.32. The predicted molar refractivity (Wildman–Crippen MR) is 116 cm³/mol. The standard InChI is InChI=1S/C21H20N4O3S/c1-15-5-7-17(8-6-15)23-9-11-24(12-10-23)21-22-20(26)19(29-21)14-16-3-2-4-18(13-16)25(27)28/h2-8,13-14H,9-12H2,1H3/b19-14+. The van der Waals surface area contributed by atoms with Gasteiger partial charge >= 0.3 is 0 Å². The Morgan fingerprint density at radius 2 is 1.76 bits per heavy atom. The first kappa shape index (κ1) is 19.2. The lowest BCUT2D eigenvalue weighted by molar-refractivity contribution is -0.384. The van der Waals surface area contributed by atoms with Gasteiger partial charge in [-0.05, 0) is 42.5 Å². The van der Waals surface area contributed by atoms with Gasteiger partial charge in [-0.2, -0.15) is 4.99 Å². The Kier molecular flexibility index (Phi) is 5.35. The van der Waals surface area contributed by atoms with Crippen LogP contribution in [0.3, 0.4) is 0 Å². The molecule has 2 aromatic rings. The zero-order chi connectivity index (χ0) is 20.4. The van der Waals surface area contributed by atoms with E-state index in [0.717, 1.165) is 26.2 Å². The maximum Gasteiger partial charge on any atom is 0.286 e. The maximum absolute atomic E-state index is 12.3. The number of nitrogens with zero attached hydrogens (tertiary/aromatic N) is 4. The van der Waals surface area contributed by atoms with Crippen molar-refractivity contribution in [2.45, 2.75) is 6.92 Å². The monoisotopic (exact) mass is 408 g/mol. The zero-order valence-electron chi connectivity index (χ0n) is 15.9. The number of hydrogen-bond acceptors (Lipinski definition) is 6. The molecule has 29 heavy (non-hydrogen) atoms. The minimum absolute atomic E-state index is 0.00293. The number of nitro groups is 1. The third-order valence-electron chi connectivity index (χ3n) is 4.94. The summed E-state index contributed by atoms with van der Waals surface area (Å²) in [5.41, 5.74) is 3.07. The number of carbonyl (C=O) groups is 1. The molecule has 0 saturated carbocycles. The van der Waals surface area contributed by atoms with Crippen LogP contribution in [0, 0.1) is 17.0 Å². The Hall–Kier alpha value is -3.13. The van der Waals surface area contributed by atoms with E-state index < -0.39 is 4.92 Å². The number of thioether (sulfide) groups is 1. The maximum atomic E-state index is 12.3. The van der Waals surface area contributed by atoms with Crippen molar-refractivity contribution >= 4 is 40.3 Å².